The van der Waals surface area contributed by atoms with Crippen LogP contribution >= 0.6 is 0 Å². The molecular weight excluding hydrogens is 235 g/mol. The van der Waals surface area contributed by atoms with Crippen molar-refractivity contribution >= 4 is 4.29 Å². The van der Waals surface area contributed by atoms with E-state index in [1.807, 2.05) is 6.20 Å². The zero-order valence-corrected chi connectivity index (χ0v) is 8.76. The summed E-state index contributed by atoms with van der Waals surface area (Å²) >= 11 is -0.864. The fraction of sp³-hybridized carbons (Fsp3) is 0.200. The van der Waals surface area contributed by atoms with E-state index in [0.717, 1.165) is 0 Å². The maximum absolute atomic E-state index is 3.31. The number of nitrogens with one attached hydrogen (secondary N) is 1. The van der Waals surface area contributed by atoms with Gasteiger partial charge in [0, 0.05) is 0 Å². The molecule has 0 fully saturated rings. The third-order valence-corrected chi connectivity index (χ3v) is 6.16. The Kier molecular flexibility index (Phi) is 2.27. The van der Waals surface area contributed by atoms with Gasteiger partial charge in [-0.25, -0.2) is 0 Å². The Hall–Kier alpha value is -0.617. The second kappa shape index (κ2) is 3.41. The molecule has 1 aliphatic carbocycles. The van der Waals surface area contributed by atoms with Crippen LogP contribution in [-0.4, -0.2) is 4.98 Å². The molecule has 65 valence electrons. The van der Waals surface area contributed by atoms with Crippen molar-refractivity contribution in [3.05, 3.63) is 40.7 Å². The second-order valence-corrected chi connectivity index (χ2v) is 6.90. The summed E-state index contributed by atoms with van der Waals surface area (Å²) in [5, 5.41) is 0. The molecule has 0 saturated carbocycles. The molecule has 2 rings (SSSR count). The van der Waals surface area contributed by atoms with Crippen LogP contribution in [-0.2, 0) is 16.0 Å². The fourth-order valence-corrected chi connectivity index (χ4v) is 4.27. The van der Waals surface area contributed by atoms with Crippen molar-refractivity contribution in [2.45, 2.75) is 11.9 Å². The van der Waals surface area contributed by atoms with Gasteiger partial charge in [0.25, 0.3) is 0 Å². The molecule has 0 atom stereocenters. The van der Waals surface area contributed by atoms with Crippen LogP contribution in [0.3, 0.4) is 0 Å². The first kappa shape index (κ1) is 8.00. The van der Waals surface area contributed by atoms with E-state index in [9.17, 15) is 0 Å². The van der Waals surface area contributed by atoms with Gasteiger partial charge in [0.1, 0.15) is 0 Å². The van der Waals surface area contributed by atoms with Crippen molar-refractivity contribution in [1.82, 2.24) is 4.98 Å². The monoisotopic (exact) mass is 248 g/mol. The number of aromatic nitrogens is 1. The van der Waals surface area contributed by atoms with E-state index in [1.54, 1.807) is 4.17 Å². The number of H-pyrrole nitrogens is 1. The van der Waals surface area contributed by atoms with Crippen molar-refractivity contribution in [3.63, 3.8) is 0 Å². The zero-order chi connectivity index (χ0) is 8.39. The molecule has 2 heteroatoms. The molecule has 1 aromatic rings. The van der Waals surface area contributed by atoms with Crippen LogP contribution in [0.2, 0.25) is 5.52 Å². The minimum absolute atomic E-state index is 0.864. The van der Waals surface area contributed by atoms with Gasteiger partial charge >= 0.3 is 77.9 Å². The Bertz CT molecular complexity index is 309. The average Bonchev–Trinajstić information content (AvgIpc) is 2.77. The normalized spacial score (nSPS) is 16.4. The molecule has 1 aliphatic rings. The predicted octanol–water partition coefficient (Wildman–Crippen LogP) is 2.15. The summed E-state index contributed by atoms with van der Waals surface area (Å²) in [6.07, 6.45) is 9.88. The van der Waals surface area contributed by atoms with Gasteiger partial charge in [-0.3, -0.25) is 0 Å². The molecule has 12 heavy (non-hydrogen) atoms. The zero-order valence-electron chi connectivity index (χ0n) is 7.02. The molecule has 0 bridgehead atoms. The van der Waals surface area contributed by atoms with E-state index < -0.39 is 16.0 Å². The van der Waals surface area contributed by atoms with Crippen LogP contribution in [0.4, 0.5) is 0 Å². The van der Waals surface area contributed by atoms with Gasteiger partial charge < -0.3 is 0 Å². The van der Waals surface area contributed by atoms with Crippen molar-refractivity contribution in [2.75, 3.05) is 0 Å². The Labute approximate surface area is 78.1 Å². The van der Waals surface area contributed by atoms with Crippen molar-refractivity contribution < 1.29 is 16.0 Å². The Morgan fingerprint density at radius 3 is 3.00 bits per heavy atom. The fourth-order valence-electron chi connectivity index (χ4n) is 1.20. The second-order valence-electron chi connectivity index (χ2n) is 2.68. The van der Waals surface area contributed by atoms with Crippen LogP contribution < -0.4 is 4.29 Å². The average molecular weight is 247 g/mol. The van der Waals surface area contributed by atoms with E-state index in [-0.39, 0.29) is 0 Å². The SMILES string of the molecule is [CH3][Ru]([C]1=CC=CC1)[c]1ccc[nH]1. The van der Waals surface area contributed by atoms with E-state index in [0.29, 0.717) is 0 Å². The molecule has 1 nitrogen and oxygen atoms in total. The molecule has 0 aliphatic heterocycles. The molecular formula is C10H12NRu. The minimum atomic E-state index is -0.864. The van der Waals surface area contributed by atoms with Gasteiger partial charge in [-0.05, 0) is 0 Å². The van der Waals surface area contributed by atoms with Gasteiger partial charge in [0.2, 0.25) is 0 Å². The quantitative estimate of drug-likeness (QED) is 0.771. The Morgan fingerprint density at radius 1 is 1.50 bits per heavy atom. The third kappa shape index (κ3) is 1.44. The number of hydrogen-bond acceptors (Lipinski definition) is 0. The molecule has 1 heterocycles. The van der Waals surface area contributed by atoms with Crippen molar-refractivity contribution in [2.24, 2.45) is 0 Å². The van der Waals surface area contributed by atoms with Gasteiger partial charge in [-0.2, -0.15) is 0 Å². The number of hydrogen-bond donors (Lipinski definition) is 1. The van der Waals surface area contributed by atoms with E-state index >= 15 is 0 Å². The maximum atomic E-state index is 3.31. The molecule has 1 aromatic heterocycles. The van der Waals surface area contributed by atoms with Crippen LogP contribution in [0, 0.1) is 0 Å². The van der Waals surface area contributed by atoms with Gasteiger partial charge in [-0.15, -0.1) is 0 Å². The van der Waals surface area contributed by atoms with Crippen LogP contribution in [0.25, 0.3) is 0 Å². The third-order valence-electron chi connectivity index (χ3n) is 1.90. The molecule has 1 N–H and O–H groups in total. The number of aromatic amines is 1. The van der Waals surface area contributed by atoms with E-state index in [1.165, 1.54) is 10.7 Å². The first-order valence-electron chi connectivity index (χ1n) is 3.92. The van der Waals surface area contributed by atoms with Gasteiger partial charge in [-0.1, -0.05) is 0 Å². The topological polar surface area (TPSA) is 15.8 Å². The summed E-state index contributed by atoms with van der Waals surface area (Å²) in [4.78, 5) is 3.31. The summed E-state index contributed by atoms with van der Waals surface area (Å²) in [5.41, 5.74) is 2.38. The summed E-state index contributed by atoms with van der Waals surface area (Å²) in [6, 6.07) is 4.29. The van der Waals surface area contributed by atoms with Gasteiger partial charge in [0.05, 0.1) is 0 Å². The number of rotatable bonds is 2. The first-order valence-corrected chi connectivity index (χ1v) is 7.39. The summed E-state index contributed by atoms with van der Waals surface area (Å²) in [6.45, 7) is 0. The first-order chi connectivity index (χ1) is 5.88. The van der Waals surface area contributed by atoms with Crippen molar-refractivity contribution in [1.29, 1.82) is 0 Å². The van der Waals surface area contributed by atoms with Crippen LogP contribution in [0.5, 0.6) is 0 Å². The molecule has 0 saturated heterocycles. The Balaban J connectivity index is 2.16. The summed E-state index contributed by atoms with van der Waals surface area (Å²) < 4.78 is 3.09. The standard InChI is InChI=1S/C5H5.C4H4N.CH3.Ru/c2*1-2-4-5-3-1;;/h1-3H,4H2;1-3,5H;1H3;. The molecule has 0 amide bonds. The Morgan fingerprint density at radius 2 is 2.42 bits per heavy atom. The van der Waals surface area contributed by atoms with E-state index in [2.05, 4.69) is 40.9 Å². The molecule has 0 unspecified atom stereocenters. The molecule has 0 spiro atoms. The summed E-state index contributed by atoms with van der Waals surface area (Å²) in [7, 11) is 0. The molecule has 0 aromatic carbocycles. The van der Waals surface area contributed by atoms with Crippen molar-refractivity contribution in [3.8, 4) is 0 Å². The van der Waals surface area contributed by atoms with Gasteiger partial charge in [0.15, 0.2) is 0 Å². The van der Waals surface area contributed by atoms with E-state index in [4.69, 9.17) is 0 Å². The molecule has 0 radical (unpaired) electrons. The van der Waals surface area contributed by atoms with Crippen LogP contribution in [0.1, 0.15) is 6.42 Å². The van der Waals surface area contributed by atoms with Crippen LogP contribution in [0.15, 0.2) is 40.7 Å². The number of allylic oxidation sites excluding steroid dienone is 4. The predicted molar refractivity (Wildman–Crippen MR) is 48.1 cm³/mol. The summed E-state index contributed by atoms with van der Waals surface area (Å²) in [5.74, 6) is 0.